The van der Waals surface area contributed by atoms with Gasteiger partial charge in [-0.3, -0.25) is 24.2 Å². The SMILES string of the molecule is CNc1cc(COc2c(-c3c(C)ccc4[nH]ncc34)c(C3CC3)cc3c(N(C)C4CCNC4)nc(OC4CCOCC4)nc23)ccc1-c1cn(C(C(=O)N2CC(O)CC2C(=O)NC(C)c2ccc(-c3scnc3C)cc2)C(C)C)nc1C=O. The van der Waals surface area contributed by atoms with Gasteiger partial charge in [-0.15, -0.1) is 11.3 Å². The Bertz CT molecular complexity index is 3710. The van der Waals surface area contributed by atoms with E-state index in [2.05, 4.69) is 68.2 Å². The van der Waals surface area contributed by atoms with E-state index < -0.39 is 18.2 Å². The Kier molecular flexibility index (Phi) is 15.8. The summed E-state index contributed by atoms with van der Waals surface area (Å²) in [6, 6.07) is 18.8. The van der Waals surface area contributed by atoms with Crippen molar-refractivity contribution in [2.75, 3.05) is 57.2 Å². The first-order valence-corrected chi connectivity index (χ1v) is 29.9. The second kappa shape index (κ2) is 23.5. The fourth-order valence-electron chi connectivity index (χ4n) is 12.4. The van der Waals surface area contributed by atoms with Gasteiger partial charge in [-0.1, -0.05) is 56.3 Å². The number of carbonyl (C=O) groups excluding carboxylic acids is 3. The fraction of sp³-hybridized carbons (Fsp3) is 0.429. The molecule has 19 nitrogen and oxygen atoms in total. The molecule has 432 valence electrons. The molecule has 12 rings (SSSR count). The molecule has 5 unspecified atom stereocenters. The van der Waals surface area contributed by atoms with Gasteiger partial charge in [0.05, 0.1) is 53.2 Å². The number of nitrogens with zero attached hydrogens (tertiary/aromatic N) is 8. The minimum absolute atomic E-state index is 0.0190. The Hall–Kier alpha value is -7.78. The number of ether oxygens (including phenoxy) is 3. The Morgan fingerprint density at radius 1 is 0.976 bits per heavy atom. The van der Waals surface area contributed by atoms with E-state index in [1.165, 1.54) is 15.1 Å². The molecule has 20 heteroatoms. The second-order valence-electron chi connectivity index (χ2n) is 23.1. The van der Waals surface area contributed by atoms with Crippen LogP contribution in [-0.4, -0.2) is 134 Å². The summed E-state index contributed by atoms with van der Waals surface area (Å²) in [7, 11) is 3.94. The van der Waals surface area contributed by atoms with Gasteiger partial charge in [0.1, 0.15) is 41.8 Å². The van der Waals surface area contributed by atoms with Crippen molar-refractivity contribution in [2.24, 2.45) is 5.92 Å². The minimum Gasteiger partial charge on any atom is -0.486 e. The molecular weight excluding hydrogens is 1070 g/mol. The molecule has 3 aliphatic heterocycles. The number of aldehydes is 1. The number of likely N-dealkylation sites (tertiary alicyclic amines) is 1. The summed E-state index contributed by atoms with van der Waals surface area (Å²) in [6.45, 7) is 12.9. The molecule has 0 bridgehead atoms. The summed E-state index contributed by atoms with van der Waals surface area (Å²) in [5, 5.41) is 35.4. The van der Waals surface area contributed by atoms with E-state index >= 15 is 0 Å². The van der Waals surface area contributed by atoms with Gasteiger partial charge in [-0.2, -0.15) is 20.2 Å². The highest BCUT2D eigenvalue weighted by Crippen LogP contribution is 2.53. The van der Waals surface area contributed by atoms with Gasteiger partial charge in [-0.25, -0.2) is 4.98 Å². The third-order valence-corrected chi connectivity index (χ3v) is 18.1. The average Bonchev–Trinajstić information content (AvgIpc) is 3.56. The number of hydrogen-bond acceptors (Lipinski definition) is 16. The maximum absolute atomic E-state index is 14.9. The number of carbonyl (C=O) groups is 3. The highest BCUT2D eigenvalue weighted by Gasteiger charge is 2.43. The maximum atomic E-state index is 14.9. The lowest BCUT2D eigenvalue weighted by Crippen LogP contribution is -2.49. The van der Waals surface area contributed by atoms with E-state index in [1.807, 2.05) is 88.9 Å². The number of H-pyrrole nitrogens is 1. The summed E-state index contributed by atoms with van der Waals surface area (Å²) >= 11 is 1.58. The topological polar surface area (TPSA) is 227 Å². The monoisotopic (exact) mass is 1140 g/mol. The smallest absolute Gasteiger partial charge is 0.319 e. The third-order valence-electron chi connectivity index (χ3n) is 17.1. The summed E-state index contributed by atoms with van der Waals surface area (Å²) in [6.07, 6.45) is 7.95. The van der Waals surface area contributed by atoms with Crippen molar-refractivity contribution in [3.8, 4) is 44.5 Å². The molecule has 1 saturated carbocycles. The number of aliphatic hydroxyl groups excluding tert-OH is 1. The van der Waals surface area contributed by atoms with E-state index in [0.717, 1.165) is 111 Å². The molecule has 4 aromatic carbocycles. The molecule has 0 radical (unpaired) electrons. The standard InChI is InChI=1S/C63H72N12O7S/c1-34(2)57(62(79)74-29-43(77)25-53(74)61(78)68-36(4)39-10-14-41(15-11-39)59-37(5)66-33-83-59)75-30-49(52(31-76)72-75)45-16-9-38(24-51(45)64-6)32-81-58-55(54-35(3)8-17-50-48(54)28-67-71-50)46(40-12-13-40)26-47-56(58)69-63(82-44-19-22-80-23-20-44)70-60(47)73(7)42-18-21-65-27-42/h8-11,14-17,24,26,28,30-31,33-34,36,40,42-44,53,57,64-65,77H,12-13,18-23,25,27,29,32H2,1-7H3,(H,67,71)(H,68,78). The molecular formula is C63H72N12O7S. The van der Waals surface area contributed by atoms with Crippen LogP contribution in [0.5, 0.6) is 11.8 Å². The second-order valence-corrected chi connectivity index (χ2v) is 23.9. The van der Waals surface area contributed by atoms with Crippen molar-refractivity contribution >= 4 is 62.7 Å². The first-order valence-electron chi connectivity index (χ1n) is 29.0. The number of β-amino-alcohol motifs (C(OH)–C–C–N with tert-alkyl or cyclic N) is 1. The number of aliphatic hydroxyl groups is 1. The molecule has 4 aromatic heterocycles. The number of aryl methyl sites for hydroxylation is 2. The molecule has 2 amide bonds. The van der Waals surface area contributed by atoms with Crippen LogP contribution >= 0.6 is 11.3 Å². The summed E-state index contributed by atoms with van der Waals surface area (Å²) in [5.74, 6) is 0.695. The van der Waals surface area contributed by atoms with Crippen LogP contribution in [0.1, 0.15) is 116 Å². The van der Waals surface area contributed by atoms with Crippen molar-refractivity contribution in [1.29, 1.82) is 0 Å². The Balaban J connectivity index is 0.862. The van der Waals surface area contributed by atoms with Gasteiger partial charge in [0.2, 0.25) is 11.8 Å². The van der Waals surface area contributed by atoms with Crippen molar-refractivity contribution in [1.82, 2.24) is 50.5 Å². The minimum atomic E-state index is -0.919. The molecule has 5 N–H and O–H groups in total. The molecule has 1 aliphatic carbocycles. The van der Waals surface area contributed by atoms with E-state index in [1.54, 1.807) is 17.5 Å². The van der Waals surface area contributed by atoms with Crippen molar-refractivity contribution in [3.05, 3.63) is 112 Å². The predicted octanol–water partition coefficient (Wildman–Crippen LogP) is 9.48. The van der Waals surface area contributed by atoms with Crippen LogP contribution < -0.4 is 30.3 Å². The first kappa shape index (κ1) is 55.7. The van der Waals surface area contributed by atoms with Gasteiger partial charge < -0.3 is 45.1 Å². The molecule has 5 atom stereocenters. The number of aromatic amines is 1. The number of thiazole rings is 1. The fourth-order valence-corrected chi connectivity index (χ4v) is 13.2. The average molecular weight is 1140 g/mol. The van der Waals surface area contributed by atoms with Crippen LogP contribution in [0.3, 0.4) is 0 Å². The van der Waals surface area contributed by atoms with E-state index in [-0.39, 0.29) is 61.2 Å². The largest absolute Gasteiger partial charge is 0.486 e. The Labute approximate surface area is 486 Å². The molecule has 8 aromatic rings. The number of hydrogen-bond donors (Lipinski definition) is 5. The van der Waals surface area contributed by atoms with Crippen molar-refractivity contribution in [2.45, 2.75) is 122 Å². The van der Waals surface area contributed by atoms with Gasteiger partial charge >= 0.3 is 6.01 Å². The van der Waals surface area contributed by atoms with Gasteiger partial charge in [0.15, 0.2) is 12.0 Å². The van der Waals surface area contributed by atoms with Crippen LogP contribution in [0, 0.1) is 19.8 Å². The number of rotatable bonds is 19. The number of anilines is 2. The maximum Gasteiger partial charge on any atom is 0.319 e. The normalized spacial score (nSPS) is 19.1. The zero-order valence-corrected chi connectivity index (χ0v) is 48.9. The zero-order valence-electron chi connectivity index (χ0n) is 48.1. The first-order chi connectivity index (χ1) is 40.3. The molecule has 83 heavy (non-hydrogen) atoms. The van der Waals surface area contributed by atoms with Gasteiger partial charge in [0, 0.05) is 91.8 Å². The highest BCUT2D eigenvalue weighted by atomic mass is 32.1. The van der Waals surface area contributed by atoms with Gasteiger partial charge in [-0.05, 0) is 110 Å². The number of aromatic nitrogens is 7. The highest BCUT2D eigenvalue weighted by molar-refractivity contribution is 7.13. The summed E-state index contributed by atoms with van der Waals surface area (Å²) in [5.41, 5.74) is 13.5. The van der Waals surface area contributed by atoms with Crippen molar-refractivity contribution < 1.29 is 33.7 Å². The zero-order chi connectivity index (χ0) is 57.6. The van der Waals surface area contributed by atoms with Crippen LogP contribution in [0.15, 0.2) is 78.6 Å². The quantitative estimate of drug-likeness (QED) is 0.0475. The number of fused-ring (bicyclic) bond motifs is 2. The Morgan fingerprint density at radius 3 is 2.49 bits per heavy atom. The molecule has 4 fully saturated rings. The van der Waals surface area contributed by atoms with Crippen LogP contribution in [0.25, 0.3) is 54.5 Å². The molecule has 7 heterocycles. The van der Waals surface area contributed by atoms with Crippen LogP contribution in [0.2, 0.25) is 0 Å². The van der Waals surface area contributed by atoms with Crippen molar-refractivity contribution in [3.63, 3.8) is 0 Å². The summed E-state index contributed by atoms with van der Waals surface area (Å²) in [4.78, 5) is 61.7. The van der Waals surface area contributed by atoms with E-state index in [0.29, 0.717) is 59.5 Å². The Morgan fingerprint density at radius 2 is 1.78 bits per heavy atom. The molecule has 3 saturated heterocycles. The molecule has 0 spiro atoms. The number of nitrogens with one attached hydrogen (secondary N) is 4. The lowest BCUT2D eigenvalue weighted by atomic mass is 9.89. The molecule has 4 aliphatic rings. The van der Waals surface area contributed by atoms with Gasteiger partial charge in [0.25, 0.3) is 0 Å². The lowest BCUT2D eigenvalue weighted by molar-refractivity contribution is -0.142. The summed E-state index contributed by atoms with van der Waals surface area (Å²) < 4.78 is 21.2. The lowest BCUT2D eigenvalue weighted by Gasteiger charge is -2.30. The van der Waals surface area contributed by atoms with Crippen LogP contribution in [0.4, 0.5) is 11.5 Å². The van der Waals surface area contributed by atoms with E-state index in [4.69, 9.17) is 29.3 Å². The number of amides is 2. The number of likely N-dealkylation sites (N-methyl/N-ethyl adjacent to an activating group) is 1. The predicted molar refractivity (Wildman–Crippen MR) is 321 cm³/mol. The number of benzene rings is 4. The van der Waals surface area contributed by atoms with Crippen LogP contribution in [-0.2, 0) is 20.9 Å². The third kappa shape index (κ3) is 11.0. The van der Waals surface area contributed by atoms with E-state index in [9.17, 15) is 19.5 Å².